The fourth-order valence-electron chi connectivity index (χ4n) is 1.74. The minimum atomic E-state index is -3.50. The molecule has 1 aromatic carbocycles. The van der Waals surface area contributed by atoms with Crippen molar-refractivity contribution in [3.05, 3.63) is 33.9 Å². The van der Waals surface area contributed by atoms with Gasteiger partial charge >= 0.3 is 0 Å². The summed E-state index contributed by atoms with van der Waals surface area (Å²) in [5, 5.41) is 11.0. The maximum absolute atomic E-state index is 11.9. The van der Waals surface area contributed by atoms with Crippen LogP contribution in [0.4, 0.5) is 11.4 Å². The van der Waals surface area contributed by atoms with Gasteiger partial charge in [0.1, 0.15) is 0 Å². The fraction of sp³-hybridized carbons (Fsp3) is 0.455. The highest BCUT2D eigenvalue weighted by molar-refractivity contribution is 7.92. The highest BCUT2D eigenvalue weighted by Gasteiger charge is 2.24. The molecule has 0 amide bonds. The summed E-state index contributed by atoms with van der Waals surface area (Å²) in [6, 6.07) is 3.78. The Bertz CT molecular complexity index is 661. The van der Waals surface area contributed by atoms with Crippen LogP contribution in [-0.4, -0.2) is 26.2 Å². The fourth-order valence-corrected chi connectivity index (χ4v) is 3.31. The van der Waals surface area contributed by atoms with Gasteiger partial charge in [-0.3, -0.25) is 19.4 Å². The van der Waals surface area contributed by atoms with E-state index in [0.717, 1.165) is 6.26 Å². The van der Waals surface area contributed by atoms with Crippen molar-refractivity contribution in [1.29, 1.82) is 0 Å². The first kappa shape index (κ1) is 17.6. The van der Waals surface area contributed by atoms with Crippen LogP contribution >= 0.6 is 8.03 Å². The van der Waals surface area contributed by atoms with Crippen molar-refractivity contribution in [3.63, 3.8) is 0 Å². The number of nitrogens with zero attached hydrogens (tertiary/aromatic N) is 1. The van der Waals surface area contributed by atoms with Crippen molar-refractivity contribution < 1.29 is 22.4 Å². The molecule has 0 aromatic heterocycles. The minimum absolute atomic E-state index is 0.172. The van der Waals surface area contributed by atoms with Gasteiger partial charge in [0.2, 0.25) is 10.0 Å². The van der Waals surface area contributed by atoms with E-state index in [1.165, 1.54) is 18.2 Å². The molecule has 1 aromatic rings. The predicted molar refractivity (Wildman–Crippen MR) is 80.6 cm³/mol. The minimum Gasteiger partial charge on any atom is -0.330 e. The average molecular weight is 336 g/mol. The SMILES string of the molecule is CCO[PH](=O)C(C)c1cc(NS(C)(=O)=O)ccc1[N+](=O)[O-]. The number of rotatable bonds is 7. The third kappa shape index (κ3) is 5.11. The zero-order valence-corrected chi connectivity index (χ0v) is 13.6. The van der Waals surface area contributed by atoms with Crippen molar-refractivity contribution >= 4 is 29.4 Å². The van der Waals surface area contributed by atoms with Crippen LogP contribution in [0.25, 0.3) is 0 Å². The third-order valence-corrected chi connectivity index (χ3v) is 4.83. The van der Waals surface area contributed by atoms with Gasteiger partial charge in [-0.05, 0) is 26.0 Å². The summed E-state index contributed by atoms with van der Waals surface area (Å²) in [6.45, 7) is 3.45. The van der Waals surface area contributed by atoms with Gasteiger partial charge in [0, 0.05) is 17.3 Å². The van der Waals surface area contributed by atoms with Crippen LogP contribution in [-0.2, 0) is 19.1 Å². The van der Waals surface area contributed by atoms with Crippen LogP contribution in [0, 0.1) is 10.1 Å². The number of nitro groups is 1. The van der Waals surface area contributed by atoms with E-state index >= 15 is 0 Å². The molecule has 21 heavy (non-hydrogen) atoms. The summed E-state index contributed by atoms with van der Waals surface area (Å²) >= 11 is 0. The van der Waals surface area contributed by atoms with Gasteiger partial charge in [0.25, 0.3) is 5.69 Å². The lowest BCUT2D eigenvalue weighted by molar-refractivity contribution is -0.385. The molecular formula is C11H17N2O6PS. The molecule has 10 heteroatoms. The van der Waals surface area contributed by atoms with Crippen molar-refractivity contribution in [2.75, 3.05) is 17.6 Å². The normalized spacial score (nSPS) is 14.4. The summed E-state index contributed by atoms with van der Waals surface area (Å²) < 4.78 is 41.6. The lowest BCUT2D eigenvalue weighted by Gasteiger charge is -2.13. The van der Waals surface area contributed by atoms with Crippen molar-refractivity contribution in [3.8, 4) is 0 Å². The molecule has 0 heterocycles. The summed E-state index contributed by atoms with van der Waals surface area (Å²) in [5.74, 6) is 0. The molecule has 2 unspecified atom stereocenters. The topological polar surface area (TPSA) is 116 Å². The third-order valence-electron chi connectivity index (χ3n) is 2.63. The second-order valence-electron chi connectivity index (χ2n) is 4.38. The Morgan fingerprint density at radius 3 is 2.57 bits per heavy atom. The number of nitro benzene ring substituents is 1. The standard InChI is InChI=1S/C11H17N2O6PS/c1-4-19-20(16)8(2)10-7-9(12-21(3,17)18)5-6-11(10)13(14)15/h5-8,12,20H,4H2,1-3H3. The number of hydrogen-bond acceptors (Lipinski definition) is 6. The summed E-state index contributed by atoms with van der Waals surface area (Å²) in [5.41, 5.74) is -0.571. The van der Waals surface area contributed by atoms with Crippen LogP contribution in [0.15, 0.2) is 18.2 Å². The van der Waals surface area contributed by atoms with E-state index in [2.05, 4.69) is 4.72 Å². The highest BCUT2D eigenvalue weighted by atomic mass is 32.2. The number of nitrogens with one attached hydrogen (secondary N) is 1. The van der Waals surface area contributed by atoms with Crippen LogP contribution in [0.3, 0.4) is 0 Å². The molecular weight excluding hydrogens is 319 g/mol. The monoisotopic (exact) mass is 336 g/mol. The Balaban J connectivity index is 3.27. The Labute approximate surface area is 123 Å². The van der Waals surface area contributed by atoms with Crippen LogP contribution in [0.2, 0.25) is 0 Å². The average Bonchev–Trinajstić information content (AvgIpc) is 2.35. The van der Waals surface area contributed by atoms with Gasteiger partial charge in [-0.15, -0.1) is 0 Å². The predicted octanol–water partition coefficient (Wildman–Crippen LogP) is 2.54. The first-order chi connectivity index (χ1) is 9.65. The number of benzene rings is 1. The maximum atomic E-state index is 11.9. The lowest BCUT2D eigenvalue weighted by Crippen LogP contribution is -2.10. The first-order valence-corrected chi connectivity index (χ1v) is 9.37. The molecule has 118 valence electrons. The first-order valence-electron chi connectivity index (χ1n) is 6.08. The van der Waals surface area contributed by atoms with Gasteiger partial charge in [-0.25, -0.2) is 8.42 Å². The number of anilines is 1. The molecule has 0 aliphatic heterocycles. The summed E-state index contributed by atoms with van der Waals surface area (Å²) in [7, 11) is -6.02. The molecule has 0 bridgehead atoms. The molecule has 0 spiro atoms. The molecule has 8 nitrogen and oxygen atoms in total. The summed E-state index contributed by atoms with van der Waals surface area (Å²) in [6.07, 6.45) is 0.973. The smallest absolute Gasteiger partial charge is 0.273 e. The van der Waals surface area contributed by atoms with E-state index in [9.17, 15) is 23.1 Å². The molecule has 0 fully saturated rings. The molecule has 1 rings (SSSR count). The molecule has 0 saturated carbocycles. The Morgan fingerprint density at radius 1 is 1.48 bits per heavy atom. The van der Waals surface area contributed by atoms with Crippen molar-refractivity contribution in [1.82, 2.24) is 0 Å². The van der Waals surface area contributed by atoms with Gasteiger partial charge < -0.3 is 4.52 Å². The zero-order valence-electron chi connectivity index (χ0n) is 11.8. The van der Waals surface area contributed by atoms with Crippen molar-refractivity contribution in [2.45, 2.75) is 19.5 Å². The van der Waals surface area contributed by atoms with Gasteiger partial charge in [0.05, 0.1) is 23.4 Å². The molecule has 0 radical (unpaired) electrons. The second-order valence-corrected chi connectivity index (χ2v) is 7.92. The van der Waals surface area contributed by atoms with E-state index < -0.39 is 28.6 Å². The van der Waals surface area contributed by atoms with E-state index in [1.807, 2.05) is 0 Å². The quantitative estimate of drug-likeness (QED) is 0.465. The highest BCUT2D eigenvalue weighted by Crippen LogP contribution is 2.45. The second kappa shape index (κ2) is 7.02. The maximum Gasteiger partial charge on any atom is 0.273 e. The van der Waals surface area contributed by atoms with E-state index in [1.54, 1.807) is 13.8 Å². The molecule has 0 saturated heterocycles. The van der Waals surface area contributed by atoms with Gasteiger partial charge in [-0.2, -0.15) is 0 Å². The summed E-state index contributed by atoms with van der Waals surface area (Å²) in [4.78, 5) is 10.4. The van der Waals surface area contributed by atoms with Crippen molar-refractivity contribution in [2.24, 2.45) is 0 Å². The van der Waals surface area contributed by atoms with Gasteiger partial charge in [0.15, 0.2) is 8.03 Å². The number of hydrogen-bond donors (Lipinski definition) is 1. The van der Waals surface area contributed by atoms with E-state index in [-0.39, 0.29) is 23.5 Å². The number of sulfonamides is 1. The molecule has 1 N–H and O–H groups in total. The molecule has 2 atom stereocenters. The van der Waals surface area contributed by atoms with E-state index in [0.29, 0.717) is 0 Å². The van der Waals surface area contributed by atoms with Crippen LogP contribution in [0.5, 0.6) is 0 Å². The van der Waals surface area contributed by atoms with Crippen LogP contribution in [0.1, 0.15) is 25.1 Å². The Hall–Kier alpha value is -1.44. The Kier molecular flexibility index (Phi) is 5.88. The lowest BCUT2D eigenvalue weighted by atomic mass is 10.1. The molecule has 0 aliphatic rings. The largest absolute Gasteiger partial charge is 0.330 e. The van der Waals surface area contributed by atoms with Gasteiger partial charge in [-0.1, -0.05) is 0 Å². The zero-order chi connectivity index (χ0) is 16.2. The van der Waals surface area contributed by atoms with E-state index in [4.69, 9.17) is 4.52 Å². The Morgan fingerprint density at radius 2 is 2.10 bits per heavy atom. The van der Waals surface area contributed by atoms with Crippen LogP contribution < -0.4 is 4.72 Å². The molecule has 0 aliphatic carbocycles.